The molecule has 2 rings (SSSR count). The maximum Gasteiger partial charge on any atom is 0.185 e. The summed E-state index contributed by atoms with van der Waals surface area (Å²) in [4.78, 5) is 12.0. The normalized spacial score (nSPS) is 10.9. The fraction of sp³-hybridized carbons (Fsp3) is 0.0625. The molecule has 0 amide bonds. The SMILES string of the molecule is Cc1cccc(C(=O)C=Cc2ccc(Cl)cc2Cl)c1. The van der Waals surface area contributed by atoms with Crippen molar-refractivity contribution in [1.29, 1.82) is 0 Å². The van der Waals surface area contributed by atoms with Crippen LogP contribution in [0.3, 0.4) is 0 Å². The van der Waals surface area contributed by atoms with Crippen molar-refractivity contribution in [3.8, 4) is 0 Å². The standard InChI is InChI=1S/C16H12Cl2O/c1-11-3-2-4-13(9-11)16(19)8-6-12-5-7-14(17)10-15(12)18/h2-10H,1H3. The van der Waals surface area contributed by atoms with E-state index < -0.39 is 0 Å². The highest BCUT2D eigenvalue weighted by Crippen LogP contribution is 2.22. The lowest BCUT2D eigenvalue weighted by Gasteiger charge is -2.00. The minimum Gasteiger partial charge on any atom is -0.289 e. The second-order valence-corrected chi connectivity index (χ2v) is 5.08. The number of benzene rings is 2. The first kappa shape index (κ1) is 13.9. The fourth-order valence-corrected chi connectivity index (χ4v) is 2.17. The van der Waals surface area contributed by atoms with Crippen molar-refractivity contribution in [3.63, 3.8) is 0 Å². The molecule has 0 bridgehead atoms. The van der Waals surface area contributed by atoms with Crippen LogP contribution < -0.4 is 0 Å². The average Bonchev–Trinajstić information content (AvgIpc) is 2.37. The summed E-state index contributed by atoms with van der Waals surface area (Å²) in [6, 6.07) is 12.6. The smallest absolute Gasteiger partial charge is 0.185 e. The Kier molecular flexibility index (Phi) is 4.41. The van der Waals surface area contributed by atoms with Gasteiger partial charge in [-0.1, -0.05) is 53.0 Å². The van der Waals surface area contributed by atoms with Crippen LogP contribution >= 0.6 is 23.2 Å². The Bertz CT molecular complexity index is 645. The number of hydrogen-bond acceptors (Lipinski definition) is 1. The molecule has 3 heteroatoms. The molecule has 0 spiro atoms. The van der Waals surface area contributed by atoms with Gasteiger partial charge in [0.25, 0.3) is 0 Å². The Labute approximate surface area is 122 Å². The number of carbonyl (C=O) groups is 1. The van der Waals surface area contributed by atoms with Crippen molar-refractivity contribution in [2.24, 2.45) is 0 Å². The summed E-state index contributed by atoms with van der Waals surface area (Å²) >= 11 is 11.9. The third kappa shape index (κ3) is 3.69. The van der Waals surface area contributed by atoms with E-state index in [4.69, 9.17) is 23.2 Å². The summed E-state index contributed by atoms with van der Waals surface area (Å²) in [5.41, 5.74) is 2.50. The van der Waals surface area contributed by atoms with E-state index in [1.54, 1.807) is 30.3 Å². The molecule has 0 atom stereocenters. The van der Waals surface area contributed by atoms with Crippen LogP contribution in [0.1, 0.15) is 21.5 Å². The van der Waals surface area contributed by atoms with Gasteiger partial charge < -0.3 is 0 Å². The zero-order chi connectivity index (χ0) is 13.8. The van der Waals surface area contributed by atoms with Gasteiger partial charge in [0.2, 0.25) is 0 Å². The Morgan fingerprint density at radius 2 is 1.89 bits per heavy atom. The Morgan fingerprint density at radius 3 is 2.58 bits per heavy atom. The molecule has 0 radical (unpaired) electrons. The van der Waals surface area contributed by atoms with E-state index >= 15 is 0 Å². The molecule has 0 unspecified atom stereocenters. The summed E-state index contributed by atoms with van der Waals surface area (Å²) < 4.78 is 0. The Balaban J connectivity index is 2.21. The van der Waals surface area contributed by atoms with Gasteiger partial charge in [0, 0.05) is 15.6 Å². The topological polar surface area (TPSA) is 17.1 Å². The first-order chi connectivity index (χ1) is 9.06. The predicted molar refractivity (Wildman–Crippen MR) is 81.0 cm³/mol. The second kappa shape index (κ2) is 6.05. The van der Waals surface area contributed by atoms with Crippen molar-refractivity contribution in [2.45, 2.75) is 6.92 Å². The van der Waals surface area contributed by atoms with Gasteiger partial charge in [-0.25, -0.2) is 0 Å². The van der Waals surface area contributed by atoms with E-state index in [-0.39, 0.29) is 5.78 Å². The van der Waals surface area contributed by atoms with Crippen molar-refractivity contribution in [1.82, 2.24) is 0 Å². The van der Waals surface area contributed by atoms with Gasteiger partial charge in [-0.05, 0) is 42.8 Å². The molecule has 0 saturated carbocycles. The molecule has 0 fully saturated rings. The molecule has 0 saturated heterocycles. The highest BCUT2D eigenvalue weighted by molar-refractivity contribution is 6.35. The second-order valence-electron chi connectivity index (χ2n) is 4.23. The van der Waals surface area contributed by atoms with E-state index in [2.05, 4.69) is 0 Å². The first-order valence-corrected chi connectivity index (χ1v) is 6.56. The molecule has 2 aromatic carbocycles. The molecular formula is C16H12Cl2O. The van der Waals surface area contributed by atoms with Gasteiger partial charge in [0.15, 0.2) is 5.78 Å². The maximum atomic E-state index is 12.0. The lowest BCUT2D eigenvalue weighted by Crippen LogP contribution is -1.94. The third-order valence-electron chi connectivity index (χ3n) is 2.68. The number of allylic oxidation sites excluding steroid dienone is 1. The number of ketones is 1. The average molecular weight is 291 g/mol. The summed E-state index contributed by atoms with van der Waals surface area (Å²) in [7, 11) is 0. The number of rotatable bonds is 3. The van der Waals surface area contributed by atoms with Crippen LogP contribution in [0.4, 0.5) is 0 Å². The van der Waals surface area contributed by atoms with Crippen LogP contribution in [0.2, 0.25) is 10.0 Å². The number of hydrogen-bond donors (Lipinski definition) is 0. The highest BCUT2D eigenvalue weighted by Gasteiger charge is 2.02. The van der Waals surface area contributed by atoms with Crippen LogP contribution in [-0.2, 0) is 0 Å². The highest BCUT2D eigenvalue weighted by atomic mass is 35.5. The van der Waals surface area contributed by atoms with E-state index in [0.717, 1.165) is 11.1 Å². The third-order valence-corrected chi connectivity index (χ3v) is 3.24. The predicted octanol–water partition coefficient (Wildman–Crippen LogP) is 5.20. The van der Waals surface area contributed by atoms with Crippen LogP contribution in [0.25, 0.3) is 6.08 Å². The van der Waals surface area contributed by atoms with E-state index in [1.807, 2.05) is 25.1 Å². The van der Waals surface area contributed by atoms with Crippen molar-refractivity contribution in [3.05, 3.63) is 75.3 Å². The van der Waals surface area contributed by atoms with E-state index in [0.29, 0.717) is 15.6 Å². The molecule has 0 heterocycles. The van der Waals surface area contributed by atoms with Gasteiger partial charge in [-0.15, -0.1) is 0 Å². The molecule has 96 valence electrons. The molecule has 0 aliphatic rings. The summed E-state index contributed by atoms with van der Waals surface area (Å²) in [6.45, 7) is 1.95. The Hall–Kier alpha value is -1.57. The molecule has 0 aliphatic carbocycles. The molecule has 0 N–H and O–H groups in total. The van der Waals surface area contributed by atoms with Crippen molar-refractivity contribution >= 4 is 35.1 Å². The van der Waals surface area contributed by atoms with Crippen molar-refractivity contribution in [2.75, 3.05) is 0 Å². The van der Waals surface area contributed by atoms with Crippen LogP contribution in [0.15, 0.2) is 48.5 Å². The lowest BCUT2D eigenvalue weighted by atomic mass is 10.1. The summed E-state index contributed by atoms with van der Waals surface area (Å²) in [6.07, 6.45) is 3.22. The van der Waals surface area contributed by atoms with E-state index in [9.17, 15) is 4.79 Å². The summed E-state index contributed by atoms with van der Waals surface area (Å²) in [5, 5.41) is 1.10. The largest absolute Gasteiger partial charge is 0.289 e. The molecule has 2 aromatic rings. The number of aryl methyl sites for hydroxylation is 1. The van der Waals surface area contributed by atoms with E-state index in [1.165, 1.54) is 6.08 Å². The first-order valence-electron chi connectivity index (χ1n) is 5.80. The van der Waals surface area contributed by atoms with Gasteiger partial charge in [0.05, 0.1) is 0 Å². The van der Waals surface area contributed by atoms with Crippen LogP contribution in [0.5, 0.6) is 0 Å². The molecule has 1 nitrogen and oxygen atoms in total. The summed E-state index contributed by atoms with van der Waals surface area (Å²) in [5.74, 6) is -0.0466. The zero-order valence-electron chi connectivity index (χ0n) is 10.4. The fourth-order valence-electron chi connectivity index (χ4n) is 1.70. The van der Waals surface area contributed by atoms with Gasteiger partial charge >= 0.3 is 0 Å². The molecule has 19 heavy (non-hydrogen) atoms. The lowest BCUT2D eigenvalue weighted by molar-refractivity contribution is 0.104. The van der Waals surface area contributed by atoms with Gasteiger partial charge in [-0.2, -0.15) is 0 Å². The molecule has 0 aromatic heterocycles. The quantitative estimate of drug-likeness (QED) is 0.561. The monoisotopic (exact) mass is 290 g/mol. The minimum absolute atomic E-state index is 0.0466. The minimum atomic E-state index is -0.0466. The number of halogens is 2. The van der Waals surface area contributed by atoms with Crippen molar-refractivity contribution < 1.29 is 4.79 Å². The Morgan fingerprint density at radius 1 is 1.11 bits per heavy atom. The maximum absolute atomic E-state index is 12.0. The zero-order valence-corrected chi connectivity index (χ0v) is 11.9. The van der Waals surface area contributed by atoms with Gasteiger partial charge in [-0.3, -0.25) is 4.79 Å². The van der Waals surface area contributed by atoms with Crippen LogP contribution in [-0.4, -0.2) is 5.78 Å². The molecule has 0 aliphatic heterocycles. The van der Waals surface area contributed by atoms with Gasteiger partial charge in [0.1, 0.15) is 0 Å². The molecular weight excluding hydrogens is 279 g/mol. The number of carbonyl (C=O) groups excluding carboxylic acids is 1. The van der Waals surface area contributed by atoms with Crippen LogP contribution in [0, 0.1) is 6.92 Å².